The SMILES string of the molecule is O=[N+]([O-])c1cccc(CS(=O)(=O)Nc2ccc(S(=O)(=O)Nc3ccc(Br)cc3)cc2)c1. The van der Waals surface area contributed by atoms with Crippen molar-refractivity contribution in [3.8, 4) is 0 Å². The number of nitrogens with one attached hydrogen (secondary N) is 2. The van der Waals surface area contributed by atoms with Crippen molar-refractivity contribution in [2.75, 3.05) is 9.44 Å². The molecular weight excluding hydrogens is 510 g/mol. The zero-order chi connectivity index (χ0) is 22.6. The van der Waals surface area contributed by atoms with E-state index < -0.39 is 30.7 Å². The second-order valence-corrected chi connectivity index (χ2v) is 10.7. The highest BCUT2D eigenvalue weighted by Crippen LogP contribution is 2.21. The molecule has 2 N–H and O–H groups in total. The number of non-ortho nitro benzene ring substituents is 1. The highest BCUT2D eigenvalue weighted by Gasteiger charge is 2.17. The van der Waals surface area contributed by atoms with Gasteiger partial charge in [0.15, 0.2) is 0 Å². The maximum absolute atomic E-state index is 12.5. The van der Waals surface area contributed by atoms with Gasteiger partial charge in [0.1, 0.15) is 0 Å². The van der Waals surface area contributed by atoms with Gasteiger partial charge in [-0.25, -0.2) is 16.8 Å². The number of halogens is 1. The van der Waals surface area contributed by atoms with E-state index in [2.05, 4.69) is 25.4 Å². The average Bonchev–Trinajstić information content (AvgIpc) is 2.69. The zero-order valence-corrected chi connectivity index (χ0v) is 18.9. The maximum atomic E-state index is 12.5. The number of nitro groups is 1. The largest absolute Gasteiger partial charge is 0.283 e. The van der Waals surface area contributed by atoms with E-state index in [1.807, 2.05) is 0 Å². The van der Waals surface area contributed by atoms with Gasteiger partial charge in [0.25, 0.3) is 15.7 Å². The van der Waals surface area contributed by atoms with Gasteiger partial charge in [-0.3, -0.25) is 19.6 Å². The van der Waals surface area contributed by atoms with Crippen LogP contribution in [0.2, 0.25) is 0 Å². The minimum atomic E-state index is -3.87. The Bertz CT molecular complexity index is 1310. The van der Waals surface area contributed by atoms with Crippen molar-refractivity contribution < 1.29 is 21.8 Å². The fourth-order valence-corrected chi connectivity index (χ4v) is 5.14. The number of rotatable bonds is 8. The molecule has 0 atom stereocenters. The summed E-state index contributed by atoms with van der Waals surface area (Å²) in [7, 11) is -7.73. The van der Waals surface area contributed by atoms with Gasteiger partial charge in [-0.2, -0.15) is 0 Å². The van der Waals surface area contributed by atoms with Gasteiger partial charge >= 0.3 is 0 Å². The van der Waals surface area contributed by atoms with Crippen molar-refractivity contribution in [3.63, 3.8) is 0 Å². The molecule has 9 nitrogen and oxygen atoms in total. The molecule has 0 aliphatic heterocycles. The molecule has 0 bridgehead atoms. The van der Waals surface area contributed by atoms with Gasteiger partial charge in [-0.1, -0.05) is 28.1 Å². The van der Waals surface area contributed by atoms with E-state index in [0.717, 1.165) is 4.47 Å². The molecule has 0 spiro atoms. The summed E-state index contributed by atoms with van der Waals surface area (Å²) in [5, 5.41) is 10.8. The molecule has 0 heterocycles. The second kappa shape index (κ2) is 9.04. The molecule has 0 aliphatic carbocycles. The molecule has 3 rings (SSSR count). The zero-order valence-electron chi connectivity index (χ0n) is 15.7. The first-order valence-corrected chi connectivity index (χ1v) is 12.6. The average molecular weight is 526 g/mol. The highest BCUT2D eigenvalue weighted by molar-refractivity contribution is 9.10. The van der Waals surface area contributed by atoms with Crippen molar-refractivity contribution in [1.29, 1.82) is 0 Å². The van der Waals surface area contributed by atoms with Crippen molar-refractivity contribution >= 4 is 53.0 Å². The van der Waals surface area contributed by atoms with Gasteiger partial charge in [-0.05, 0) is 54.1 Å². The second-order valence-electron chi connectivity index (χ2n) is 6.42. The van der Waals surface area contributed by atoms with Crippen molar-refractivity contribution in [2.24, 2.45) is 0 Å². The molecule has 31 heavy (non-hydrogen) atoms. The van der Waals surface area contributed by atoms with Crippen molar-refractivity contribution in [3.05, 3.63) is 92.9 Å². The van der Waals surface area contributed by atoms with Crippen molar-refractivity contribution in [2.45, 2.75) is 10.6 Å². The predicted molar refractivity (Wildman–Crippen MR) is 121 cm³/mol. The van der Waals surface area contributed by atoms with Crippen LogP contribution >= 0.6 is 15.9 Å². The van der Waals surface area contributed by atoms with Gasteiger partial charge in [-0.15, -0.1) is 0 Å². The van der Waals surface area contributed by atoms with E-state index in [9.17, 15) is 26.9 Å². The lowest BCUT2D eigenvalue weighted by Crippen LogP contribution is -2.16. The number of anilines is 2. The van der Waals surface area contributed by atoms with Crippen LogP contribution in [0.3, 0.4) is 0 Å². The lowest BCUT2D eigenvalue weighted by Gasteiger charge is -2.11. The predicted octanol–water partition coefficient (Wildman–Crippen LogP) is 4.10. The molecule has 0 fully saturated rings. The van der Waals surface area contributed by atoms with Crippen LogP contribution in [0.4, 0.5) is 17.1 Å². The molecule has 3 aromatic carbocycles. The van der Waals surface area contributed by atoms with E-state index in [1.165, 1.54) is 48.5 Å². The Labute approximate surface area is 187 Å². The molecule has 3 aromatic rings. The van der Waals surface area contributed by atoms with E-state index >= 15 is 0 Å². The fraction of sp³-hybridized carbons (Fsp3) is 0.0526. The Balaban J connectivity index is 1.71. The summed E-state index contributed by atoms with van der Waals surface area (Å²) in [5.41, 5.74) is 0.582. The molecule has 12 heteroatoms. The molecule has 0 unspecified atom stereocenters. The number of nitro benzene ring substituents is 1. The minimum absolute atomic E-state index is 0.0444. The first-order chi connectivity index (χ1) is 14.5. The number of nitrogens with zero attached hydrogens (tertiary/aromatic N) is 1. The first kappa shape index (κ1) is 22.7. The molecule has 0 amide bonds. The van der Waals surface area contributed by atoms with E-state index in [-0.39, 0.29) is 21.8 Å². The van der Waals surface area contributed by atoms with Crippen LogP contribution < -0.4 is 9.44 Å². The summed E-state index contributed by atoms with van der Waals surface area (Å²) < 4.78 is 55.3. The summed E-state index contributed by atoms with van der Waals surface area (Å²) in [5.74, 6) is -0.472. The molecule has 162 valence electrons. The van der Waals surface area contributed by atoms with E-state index in [1.54, 1.807) is 24.3 Å². The molecular formula is C19H16BrN3O6S2. The summed E-state index contributed by atoms with van der Waals surface area (Å²) in [6.45, 7) is 0. The number of benzene rings is 3. The Morgan fingerprint density at radius 3 is 2.03 bits per heavy atom. The Morgan fingerprint density at radius 2 is 1.42 bits per heavy atom. The quantitative estimate of drug-likeness (QED) is 0.335. The third-order valence-corrected chi connectivity index (χ3v) is 7.20. The maximum Gasteiger partial charge on any atom is 0.269 e. The highest BCUT2D eigenvalue weighted by atomic mass is 79.9. The van der Waals surface area contributed by atoms with Crippen LogP contribution in [0.25, 0.3) is 0 Å². The third-order valence-electron chi connectivity index (χ3n) is 4.01. The van der Waals surface area contributed by atoms with Crippen molar-refractivity contribution in [1.82, 2.24) is 0 Å². The van der Waals surface area contributed by atoms with Gasteiger partial charge < -0.3 is 0 Å². The molecule has 0 saturated carbocycles. The van der Waals surface area contributed by atoms with E-state index in [0.29, 0.717) is 5.69 Å². The standard InChI is InChI=1S/C19H16BrN3O6S2/c20-15-4-6-17(7-5-15)22-31(28,29)19-10-8-16(9-11-19)21-30(26,27)13-14-2-1-3-18(12-14)23(24)25/h1-12,21-22H,13H2. The smallest absolute Gasteiger partial charge is 0.269 e. The number of sulfonamides is 2. The van der Waals surface area contributed by atoms with Crippen LogP contribution in [0.5, 0.6) is 0 Å². The lowest BCUT2D eigenvalue weighted by molar-refractivity contribution is -0.384. The Hall–Kier alpha value is -2.96. The molecule has 0 saturated heterocycles. The van der Waals surface area contributed by atoms with E-state index in [4.69, 9.17) is 0 Å². The lowest BCUT2D eigenvalue weighted by atomic mass is 10.2. The number of hydrogen-bond acceptors (Lipinski definition) is 6. The Morgan fingerprint density at radius 1 is 0.839 bits per heavy atom. The van der Waals surface area contributed by atoms with Gasteiger partial charge in [0, 0.05) is 28.0 Å². The normalized spacial score (nSPS) is 11.6. The number of hydrogen-bond donors (Lipinski definition) is 2. The van der Waals surface area contributed by atoms with Crippen LogP contribution in [0, 0.1) is 10.1 Å². The summed E-state index contributed by atoms with van der Waals surface area (Å²) in [4.78, 5) is 10.2. The fourth-order valence-electron chi connectivity index (χ4n) is 2.63. The van der Waals surface area contributed by atoms with Crippen LogP contribution in [-0.2, 0) is 25.8 Å². The van der Waals surface area contributed by atoms with Gasteiger partial charge in [0.05, 0.1) is 15.6 Å². The van der Waals surface area contributed by atoms with Crippen LogP contribution in [-0.4, -0.2) is 21.8 Å². The minimum Gasteiger partial charge on any atom is -0.283 e. The summed E-state index contributed by atoms with van der Waals surface area (Å²) >= 11 is 3.27. The van der Waals surface area contributed by atoms with Crippen LogP contribution in [0.15, 0.2) is 82.2 Å². The molecule has 0 aliphatic rings. The van der Waals surface area contributed by atoms with Crippen LogP contribution in [0.1, 0.15) is 5.56 Å². The summed E-state index contributed by atoms with van der Waals surface area (Å²) in [6.07, 6.45) is 0. The molecule has 0 radical (unpaired) electrons. The monoisotopic (exact) mass is 525 g/mol. The van der Waals surface area contributed by atoms with Gasteiger partial charge in [0.2, 0.25) is 10.0 Å². The summed E-state index contributed by atoms with van der Waals surface area (Å²) in [6, 6.07) is 17.1. The Kier molecular flexibility index (Phi) is 6.62. The topological polar surface area (TPSA) is 135 Å². The first-order valence-electron chi connectivity index (χ1n) is 8.66. The molecule has 0 aromatic heterocycles. The third kappa shape index (κ3) is 6.26.